The van der Waals surface area contributed by atoms with Gasteiger partial charge in [0.15, 0.2) is 0 Å². The minimum atomic E-state index is -0.427. The lowest BCUT2D eigenvalue weighted by atomic mass is 9.98. The van der Waals surface area contributed by atoms with Crippen LogP contribution in [-0.2, 0) is 9.47 Å². The van der Waals surface area contributed by atoms with Crippen molar-refractivity contribution in [2.24, 2.45) is 0 Å². The first kappa shape index (κ1) is 17.4. The molecule has 1 unspecified atom stereocenters. The summed E-state index contributed by atoms with van der Waals surface area (Å²) in [5.41, 5.74) is -0.547. The van der Waals surface area contributed by atoms with Crippen molar-refractivity contribution in [3.8, 4) is 6.07 Å². The van der Waals surface area contributed by atoms with Gasteiger partial charge in [-0.05, 0) is 46.6 Å². The summed E-state index contributed by atoms with van der Waals surface area (Å²) in [6.45, 7) is 10.3. The van der Waals surface area contributed by atoms with Crippen LogP contribution in [0.1, 0.15) is 47.0 Å². The van der Waals surface area contributed by atoms with Crippen molar-refractivity contribution in [3.63, 3.8) is 0 Å². The third-order valence-electron chi connectivity index (χ3n) is 3.18. The van der Waals surface area contributed by atoms with Crippen LogP contribution in [0.5, 0.6) is 0 Å². The molecule has 0 rings (SSSR count). The van der Waals surface area contributed by atoms with Crippen molar-refractivity contribution in [3.05, 3.63) is 0 Å². The Bertz CT molecular complexity index is 261. The number of nitriles is 1. The summed E-state index contributed by atoms with van der Waals surface area (Å²) in [4.78, 5) is 0. The van der Waals surface area contributed by atoms with Crippen molar-refractivity contribution in [1.29, 1.82) is 5.26 Å². The van der Waals surface area contributed by atoms with Gasteiger partial charge in [-0.15, -0.1) is 0 Å². The zero-order chi connectivity index (χ0) is 14.1. The van der Waals surface area contributed by atoms with E-state index in [0.29, 0.717) is 13.2 Å². The van der Waals surface area contributed by atoms with E-state index in [1.165, 1.54) is 0 Å². The average Bonchev–Trinajstić information content (AvgIpc) is 2.34. The molecule has 0 saturated carbocycles. The summed E-state index contributed by atoms with van der Waals surface area (Å²) in [5.74, 6) is 0. The highest BCUT2D eigenvalue weighted by atomic mass is 16.5. The lowest BCUT2D eigenvalue weighted by Crippen LogP contribution is -2.40. The van der Waals surface area contributed by atoms with Gasteiger partial charge in [-0.1, -0.05) is 6.92 Å². The maximum Gasteiger partial charge on any atom is 0.104 e. The molecule has 0 radical (unpaired) electrons. The van der Waals surface area contributed by atoms with E-state index < -0.39 is 5.54 Å². The summed E-state index contributed by atoms with van der Waals surface area (Å²) >= 11 is 0. The molecule has 18 heavy (non-hydrogen) atoms. The van der Waals surface area contributed by atoms with Gasteiger partial charge in [0, 0.05) is 20.3 Å². The normalized spacial score (nSPS) is 15.1. The van der Waals surface area contributed by atoms with Crippen LogP contribution in [0.15, 0.2) is 0 Å². The summed E-state index contributed by atoms with van der Waals surface area (Å²) in [6.07, 6.45) is 2.59. The first-order valence-electron chi connectivity index (χ1n) is 6.68. The van der Waals surface area contributed by atoms with Gasteiger partial charge in [0.25, 0.3) is 0 Å². The van der Waals surface area contributed by atoms with Gasteiger partial charge in [0.2, 0.25) is 0 Å². The summed E-state index contributed by atoms with van der Waals surface area (Å²) in [6, 6.07) is 2.32. The number of ether oxygens (including phenoxy) is 2. The Morgan fingerprint density at radius 1 is 1.17 bits per heavy atom. The van der Waals surface area contributed by atoms with Crippen molar-refractivity contribution in [2.75, 3.05) is 26.9 Å². The zero-order valence-electron chi connectivity index (χ0n) is 12.5. The molecule has 0 aliphatic carbocycles. The molecule has 4 heteroatoms. The maximum atomic E-state index is 9.09. The molecule has 0 aromatic rings. The van der Waals surface area contributed by atoms with Crippen LogP contribution in [0, 0.1) is 11.3 Å². The Morgan fingerprint density at radius 3 is 2.33 bits per heavy atom. The molecule has 0 amide bonds. The average molecular weight is 256 g/mol. The second-order valence-electron chi connectivity index (χ2n) is 5.40. The lowest BCUT2D eigenvalue weighted by Gasteiger charge is -2.23. The molecule has 0 saturated heterocycles. The summed E-state index contributed by atoms with van der Waals surface area (Å²) in [7, 11) is 1.72. The highest BCUT2D eigenvalue weighted by molar-refractivity contribution is 5.03. The van der Waals surface area contributed by atoms with Gasteiger partial charge >= 0.3 is 0 Å². The van der Waals surface area contributed by atoms with Crippen molar-refractivity contribution in [2.45, 2.75) is 58.1 Å². The van der Waals surface area contributed by atoms with Crippen LogP contribution in [0.25, 0.3) is 0 Å². The van der Waals surface area contributed by atoms with Crippen molar-refractivity contribution in [1.82, 2.24) is 5.32 Å². The van der Waals surface area contributed by atoms with Crippen LogP contribution in [0.4, 0.5) is 0 Å². The molecule has 0 fully saturated rings. The fourth-order valence-electron chi connectivity index (χ4n) is 1.62. The van der Waals surface area contributed by atoms with Crippen molar-refractivity contribution < 1.29 is 9.47 Å². The number of nitrogens with one attached hydrogen (secondary N) is 1. The second kappa shape index (κ2) is 8.47. The number of rotatable bonds is 10. The van der Waals surface area contributed by atoms with Crippen molar-refractivity contribution >= 4 is 0 Å². The molecule has 0 spiro atoms. The Hall–Kier alpha value is -0.630. The van der Waals surface area contributed by atoms with Crippen LogP contribution >= 0.6 is 0 Å². The lowest BCUT2D eigenvalue weighted by molar-refractivity contribution is -0.0104. The smallest absolute Gasteiger partial charge is 0.104 e. The van der Waals surface area contributed by atoms with E-state index >= 15 is 0 Å². The molecule has 4 nitrogen and oxygen atoms in total. The van der Waals surface area contributed by atoms with Gasteiger partial charge < -0.3 is 9.47 Å². The first-order chi connectivity index (χ1) is 8.39. The molecule has 0 aromatic heterocycles. The van der Waals surface area contributed by atoms with E-state index in [2.05, 4.69) is 11.4 Å². The van der Waals surface area contributed by atoms with E-state index in [1.54, 1.807) is 7.11 Å². The fourth-order valence-corrected chi connectivity index (χ4v) is 1.62. The molecule has 1 atom stereocenters. The zero-order valence-corrected chi connectivity index (χ0v) is 12.5. The Balaban J connectivity index is 3.66. The van der Waals surface area contributed by atoms with E-state index in [0.717, 1.165) is 25.8 Å². The minimum Gasteiger partial charge on any atom is -0.381 e. The van der Waals surface area contributed by atoms with E-state index in [-0.39, 0.29) is 5.60 Å². The Kier molecular flexibility index (Phi) is 8.17. The highest BCUT2D eigenvalue weighted by Gasteiger charge is 2.21. The molecular formula is C14H28N2O2. The monoisotopic (exact) mass is 256 g/mol. The van der Waals surface area contributed by atoms with Crippen LogP contribution in [0.3, 0.4) is 0 Å². The summed E-state index contributed by atoms with van der Waals surface area (Å²) in [5, 5.41) is 12.3. The number of nitrogens with zero attached hydrogens (tertiary/aromatic N) is 1. The predicted octanol–water partition coefficient (Wildman–Crippen LogP) is 2.49. The van der Waals surface area contributed by atoms with Crippen LogP contribution in [-0.4, -0.2) is 38.0 Å². The topological polar surface area (TPSA) is 54.3 Å². The molecule has 1 N–H and O–H groups in total. The third kappa shape index (κ3) is 7.65. The third-order valence-corrected chi connectivity index (χ3v) is 3.18. The standard InChI is InChI=1S/C14H28N2O2/c1-6-16-14(4,12-15)8-7-10-18-11-9-13(2,3)17-5/h16H,6-11H2,1-5H3. The largest absolute Gasteiger partial charge is 0.381 e. The van der Waals surface area contributed by atoms with E-state index in [1.807, 2.05) is 27.7 Å². The molecule has 0 aliphatic heterocycles. The molecule has 0 bridgehead atoms. The van der Waals surface area contributed by atoms with Gasteiger partial charge in [0.05, 0.1) is 11.7 Å². The van der Waals surface area contributed by atoms with Crippen LogP contribution < -0.4 is 5.32 Å². The minimum absolute atomic E-state index is 0.120. The van der Waals surface area contributed by atoms with Gasteiger partial charge in [-0.3, -0.25) is 5.32 Å². The Morgan fingerprint density at radius 2 is 1.83 bits per heavy atom. The van der Waals surface area contributed by atoms with Gasteiger partial charge in [0.1, 0.15) is 5.54 Å². The van der Waals surface area contributed by atoms with Crippen LogP contribution in [0.2, 0.25) is 0 Å². The second-order valence-corrected chi connectivity index (χ2v) is 5.40. The molecule has 106 valence electrons. The number of methoxy groups -OCH3 is 1. The first-order valence-corrected chi connectivity index (χ1v) is 6.68. The fraction of sp³-hybridized carbons (Fsp3) is 0.929. The van der Waals surface area contributed by atoms with E-state index in [9.17, 15) is 0 Å². The summed E-state index contributed by atoms with van der Waals surface area (Å²) < 4.78 is 10.9. The molecule has 0 aromatic carbocycles. The Labute approximate surface area is 112 Å². The number of hydrogen-bond donors (Lipinski definition) is 1. The molecule has 0 heterocycles. The van der Waals surface area contributed by atoms with Gasteiger partial charge in [-0.2, -0.15) is 5.26 Å². The molecular weight excluding hydrogens is 228 g/mol. The maximum absolute atomic E-state index is 9.09. The van der Waals surface area contributed by atoms with E-state index in [4.69, 9.17) is 14.7 Å². The predicted molar refractivity (Wildman–Crippen MR) is 73.5 cm³/mol. The molecule has 0 aliphatic rings. The highest BCUT2D eigenvalue weighted by Crippen LogP contribution is 2.14. The quantitative estimate of drug-likeness (QED) is 0.610. The van der Waals surface area contributed by atoms with Gasteiger partial charge in [-0.25, -0.2) is 0 Å². The SMILES string of the molecule is CCNC(C)(C#N)CCCOCCC(C)(C)OC. The number of hydrogen-bond acceptors (Lipinski definition) is 4.